The Hall–Kier alpha value is -3.79. The van der Waals surface area contributed by atoms with Crippen molar-refractivity contribution >= 4 is 99.2 Å². The van der Waals surface area contributed by atoms with Gasteiger partial charge in [0.2, 0.25) is 17.7 Å². The third-order valence-electron chi connectivity index (χ3n) is 23.1. The number of amides is 3. The molecule has 12 rings (SSSR count). The van der Waals surface area contributed by atoms with Gasteiger partial charge in [0.05, 0.1) is 72.3 Å². The van der Waals surface area contributed by atoms with Crippen LogP contribution in [0, 0.1) is 30.9 Å². The third-order valence-corrected chi connectivity index (χ3v) is 26.5. The number of fused-ring (bicyclic) bond motifs is 3. The smallest absolute Gasteiger partial charge is 0.240 e. The van der Waals surface area contributed by atoms with Crippen molar-refractivity contribution in [1.82, 2.24) is 31.5 Å². The lowest BCUT2D eigenvalue weighted by Gasteiger charge is -2.44. The van der Waals surface area contributed by atoms with E-state index in [1.54, 1.807) is 39.5 Å². The Kier molecular flexibility index (Phi) is 32.3. The number of nitrogens with zero attached hydrogens (tertiary/aromatic N) is 3. The van der Waals surface area contributed by atoms with Gasteiger partial charge in [-0.15, -0.1) is 70.1 Å². The number of rotatable bonds is 19. The number of nitrogens with one attached hydrogen (secondary N) is 5. The summed E-state index contributed by atoms with van der Waals surface area (Å²) in [4.78, 5) is 49.4. The summed E-state index contributed by atoms with van der Waals surface area (Å²) in [6.45, 7) is 22.9. The third kappa shape index (κ3) is 20.5. The first-order valence-corrected chi connectivity index (χ1v) is 42.5. The van der Waals surface area contributed by atoms with Crippen LogP contribution in [0.15, 0.2) is 72.8 Å². The summed E-state index contributed by atoms with van der Waals surface area (Å²) in [5.74, 6) is 0.402. The quantitative estimate of drug-likeness (QED) is 0.0604. The van der Waals surface area contributed by atoms with Crippen LogP contribution in [-0.4, -0.2) is 299 Å². The van der Waals surface area contributed by atoms with Gasteiger partial charge in [-0.05, 0) is 125 Å². The molecule has 3 amide bonds. The molecule has 9 fully saturated rings. The first kappa shape index (κ1) is 87.6. The Labute approximate surface area is 665 Å². The van der Waals surface area contributed by atoms with E-state index >= 15 is 0 Å². The van der Waals surface area contributed by atoms with Crippen LogP contribution in [0.25, 0.3) is 9.69 Å². The van der Waals surface area contributed by atoms with Crippen molar-refractivity contribution in [3.05, 3.63) is 118 Å². The topological polar surface area (TPSA) is 381 Å². The lowest BCUT2D eigenvalue weighted by molar-refractivity contribution is -0.205. The maximum Gasteiger partial charge on any atom is 0.240 e. The molecule has 27 nitrogen and oxygen atoms in total. The predicted octanol–water partition coefficient (Wildman–Crippen LogP) is 3.40. The first-order valence-electron chi connectivity index (χ1n) is 37.3. The zero-order valence-electron chi connectivity index (χ0n) is 62.0. The summed E-state index contributed by atoms with van der Waals surface area (Å²) in [6.07, 6.45) is -5.84. The number of carbonyl (C=O) groups excluding carboxylic acids is 3. The fourth-order valence-corrected chi connectivity index (χ4v) is 19.7. The van der Waals surface area contributed by atoms with Gasteiger partial charge in [-0.25, -0.2) is 9.69 Å². The number of halogens is 3. The average Bonchev–Trinajstić information content (AvgIpc) is 1.45. The Bertz CT molecular complexity index is 3510. The van der Waals surface area contributed by atoms with Crippen LogP contribution >= 0.6 is 70.1 Å². The van der Waals surface area contributed by atoms with Gasteiger partial charge >= 0.3 is 0 Å². The lowest BCUT2D eigenvalue weighted by Crippen LogP contribution is -2.65. The van der Waals surface area contributed by atoms with Gasteiger partial charge in [-0.1, -0.05) is 72.8 Å². The predicted molar refractivity (Wildman–Crippen MR) is 416 cm³/mol. The number of ether oxygens (including phenoxy) is 6. The summed E-state index contributed by atoms with van der Waals surface area (Å²) in [5.41, 5.74) is 3.37. The van der Waals surface area contributed by atoms with Crippen molar-refractivity contribution in [3.8, 4) is 0 Å². The van der Waals surface area contributed by atoms with Crippen LogP contribution in [0.4, 0.5) is 11.4 Å². The van der Waals surface area contributed by atoms with Gasteiger partial charge in [-0.2, -0.15) is 0 Å². The molecule has 6 unspecified atom stereocenters. The Balaban J connectivity index is 0.000000174. The second kappa shape index (κ2) is 40.2. The summed E-state index contributed by atoms with van der Waals surface area (Å²) in [6, 6.07) is 19.2. The molecule has 9 saturated heterocycles. The summed E-state index contributed by atoms with van der Waals surface area (Å²) in [7, 11) is 1.90. The van der Waals surface area contributed by atoms with Crippen LogP contribution in [0.3, 0.4) is 0 Å². The molecule has 9 aliphatic rings. The molecule has 0 aromatic heterocycles. The zero-order valence-corrected chi connectivity index (χ0v) is 66.7. The second-order valence-electron chi connectivity index (χ2n) is 30.1. The Morgan fingerprint density at radius 3 is 1.14 bits per heavy atom. The van der Waals surface area contributed by atoms with Crippen molar-refractivity contribution in [2.75, 3.05) is 65.3 Å². The van der Waals surface area contributed by atoms with Crippen LogP contribution < -0.4 is 26.6 Å². The molecule has 3 aromatic carbocycles. The lowest BCUT2D eigenvalue weighted by atomic mass is 9.85. The van der Waals surface area contributed by atoms with Crippen molar-refractivity contribution in [2.45, 2.75) is 244 Å². The van der Waals surface area contributed by atoms with Crippen molar-refractivity contribution in [2.24, 2.45) is 17.8 Å². The molecule has 33 heteroatoms. The molecule has 9 aliphatic heterocycles. The van der Waals surface area contributed by atoms with Crippen LogP contribution in [0.2, 0.25) is 0 Å². The van der Waals surface area contributed by atoms with Gasteiger partial charge in [0.1, 0.15) is 108 Å². The van der Waals surface area contributed by atoms with Crippen LogP contribution in [0.5, 0.6) is 0 Å². The zero-order chi connectivity index (χ0) is 78.8. The minimum Gasteiger partial charge on any atom is -0.392 e. The van der Waals surface area contributed by atoms with Crippen LogP contribution in [-0.2, 0) is 49.4 Å². The van der Waals surface area contributed by atoms with E-state index in [2.05, 4.69) is 48.4 Å². The molecule has 15 N–H and O–H groups in total. The van der Waals surface area contributed by atoms with E-state index in [4.69, 9.17) is 76.4 Å². The monoisotopic (exact) mass is 1640 g/mol. The van der Waals surface area contributed by atoms with Gasteiger partial charge in [0.15, 0.2) is 11.4 Å². The minimum atomic E-state index is -1.42. The highest BCUT2D eigenvalue weighted by Gasteiger charge is 2.55. The summed E-state index contributed by atoms with van der Waals surface area (Å²) >= 11 is 22.9. The number of likely N-dealkylation sites (tertiary alicyclic amines) is 1. The fourth-order valence-electron chi connectivity index (χ4n) is 17.0. The molecule has 604 valence electrons. The molecule has 109 heavy (non-hydrogen) atoms. The van der Waals surface area contributed by atoms with E-state index in [9.17, 15) is 65.4 Å². The summed E-state index contributed by atoms with van der Waals surface area (Å²) in [5, 5.41) is 116. The highest BCUT2D eigenvalue weighted by atomic mass is 35.5. The molecule has 9 heterocycles. The van der Waals surface area contributed by atoms with Crippen LogP contribution in [0.1, 0.15) is 99.3 Å². The molecule has 33 atom stereocenters. The summed E-state index contributed by atoms with van der Waals surface area (Å²) < 4.78 is 36.2. The molecule has 0 radical (unpaired) electrons. The molecular formula is C76H107Cl3N8O19S3. The van der Waals surface area contributed by atoms with Crippen molar-refractivity contribution < 1.29 is 93.9 Å². The molecule has 3 aromatic rings. The van der Waals surface area contributed by atoms with Crippen molar-refractivity contribution in [3.63, 3.8) is 0 Å². The van der Waals surface area contributed by atoms with Gasteiger partial charge in [0, 0.05) is 57.2 Å². The number of aliphatic hydroxyl groups excluding tert-OH is 10. The molecule has 0 spiro atoms. The second-order valence-corrected chi connectivity index (χ2v) is 35.0. The largest absolute Gasteiger partial charge is 0.392 e. The highest BCUT2D eigenvalue weighted by molar-refractivity contribution is 7.99. The number of aliphatic hydroxyl groups is 10. The maximum absolute atomic E-state index is 13.6. The normalized spacial score (nSPS) is 38.3. The first-order chi connectivity index (χ1) is 52.1. The van der Waals surface area contributed by atoms with Gasteiger partial charge in [-0.3, -0.25) is 19.3 Å². The van der Waals surface area contributed by atoms with E-state index in [0.717, 1.165) is 44.1 Å². The maximum atomic E-state index is 13.6. The highest BCUT2D eigenvalue weighted by Crippen LogP contribution is 2.43. The average molecular weight is 1640 g/mol. The molecular weight excluding hydrogens is 1530 g/mol. The number of carbonyl (C=O) groups is 3. The number of alkyl halides is 3. The Morgan fingerprint density at radius 1 is 0.495 bits per heavy atom. The number of thioether (sulfide) groups is 3. The molecule has 0 saturated carbocycles. The van der Waals surface area contributed by atoms with E-state index < -0.39 is 142 Å². The fraction of sp³-hybridized carbons (Fsp3) is 0.697. The van der Waals surface area contributed by atoms with E-state index in [1.165, 1.54) is 52.0 Å². The van der Waals surface area contributed by atoms with E-state index in [-0.39, 0.29) is 72.2 Å². The number of likely N-dealkylation sites (N-methyl/N-ethyl adjacent to an activating group) is 1. The number of benzene rings is 3. The Morgan fingerprint density at radius 2 is 0.817 bits per heavy atom. The number of hydrogen-bond acceptors (Lipinski definition) is 25. The number of hydrogen-bond donors (Lipinski definition) is 15. The van der Waals surface area contributed by atoms with Gasteiger partial charge < -0.3 is 106 Å². The SMILES string of the molecule is CSC1O[C@H]([C@H](NC(=O)[C@H]2NC[C@@H]3C[C@H](c4ccc(CO)cc4)CCO[C@H]32)[C@H](C)Cl)C(O)[C@@H](O)[C@H]1O.[C-]#[N+]c1ccc([C@@H]2CCO[C@@H]3[C@@H](C2)CN(C)[C@@H]3C(=O)N[C@H]([C@H](C)Cl)[C@H]2OC(SC)[C@H](O)[C@H](O)C2O)cc1.[C-]#[N+]c1ccc([C@H]2CCO[C@@H]3[C@H](CN[C@@H]3C(=O)N[C@H]([C@H](C)Cl)[C@H]3OC(SC)[C@H](O)[C@H](O)C3O)C2)cc1. The van der Waals surface area contributed by atoms with Crippen molar-refractivity contribution in [1.29, 1.82) is 0 Å². The minimum absolute atomic E-state index is 0.0157. The van der Waals surface area contributed by atoms with Gasteiger partial charge in [0.25, 0.3) is 0 Å². The van der Waals surface area contributed by atoms with E-state index in [1.807, 2.05) is 72.6 Å². The molecule has 0 bridgehead atoms. The standard InChI is InChI=1S/C26H36ClN3O6S.C25H34ClN3O6S.C25H37ClN2O7S/c1-13(27)18(24-21(32)20(31)22(33)26(36-24)37-4)29-25(34)19-23-16(12-30(19)3)11-15(9-10-35-23)14-5-7-17(28-2)8-6-14;1-12(26)17(23-20(31)19(30)21(32)25(35-23)36-3)29-24(33)18-22-15(11-28-18)10-14(8-9-34-22)13-4-6-16(27-2)7-5-13;1-12(26)17(23-20(31)19(30)21(32)25(35-23)36-2)28-24(33)18-22-16(10-27-18)9-15(7-8-34-22)14-5-3-13(11-29)4-6-14/h5-8,13,15-16,18-24,26,31-33H,9-12H2,1,3-4H3,(H,29,34);4-7,12,14-15,17-23,25,28,30-32H,8-11H2,1,3H3,(H,29,33);3-6,12,15-23,25,27,29-32H,7-11H2,1-2H3,(H,28,33)/t13-,15+,16-,18+,19-,20+,21?,22+,23+,24+,26?;12-,14-,15-,17+,18-,19+,20?,21+,22+,23+,25?;12-,15+,16-,17+,18-,19+,20?,21+,22+,23+,25?/m000/s1. The molecule has 0 aliphatic carbocycles. The van der Waals surface area contributed by atoms with E-state index in [0.29, 0.717) is 56.7 Å².